The summed E-state index contributed by atoms with van der Waals surface area (Å²) in [5.41, 5.74) is -0.848. The van der Waals surface area contributed by atoms with Gasteiger partial charge < -0.3 is 14.9 Å². The average Bonchev–Trinajstić information content (AvgIpc) is 2.66. The van der Waals surface area contributed by atoms with E-state index in [4.69, 9.17) is 16.3 Å². The molecule has 0 bridgehead atoms. The molecule has 0 amide bonds. The van der Waals surface area contributed by atoms with Crippen LogP contribution in [0.2, 0.25) is 0 Å². The number of aliphatic hydroxyl groups excluding tert-OH is 1. The molecule has 0 saturated heterocycles. The van der Waals surface area contributed by atoms with Gasteiger partial charge in [0.15, 0.2) is 0 Å². The monoisotopic (exact) mass is 408 g/mol. The molecule has 2 aliphatic rings. The van der Waals surface area contributed by atoms with Crippen molar-refractivity contribution in [3.63, 3.8) is 0 Å². The van der Waals surface area contributed by atoms with Gasteiger partial charge in [-0.3, -0.25) is 9.59 Å². The first-order valence-electron chi connectivity index (χ1n) is 9.65. The normalized spacial score (nSPS) is 28.3. The lowest BCUT2D eigenvalue weighted by Gasteiger charge is -2.39. The zero-order valence-corrected chi connectivity index (χ0v) is 17.8. The van der Waals surface area contributed by atoms with Gasteiger partial charge in [0.25, 0.3) is 0 Å². The number of Topliss-reactive ketones (excluding diaryl/α,β-unsaturated/α-hetero) is 2. The van der Waals surface area contributed by atoms with Crippen LogP contribution in [-0.4, -0.2) is 33.5 Å². The quantitative estimate of drug-likeness (QED) is 0.669. The van der Waals surface area contributed by atoms with Gasteiger partial charge in [-0.1, -0.05) is 44.9 Å². The Morgan fingerprint density at radius 3 is 2.61 bits per heavy atom. The number of ether oxygens (including phenoxy) is 1. The van der Waals surface area contributed by atoms with Crippen LogP contribution in [0.3, 0.4) is 0 Å². The molecule has 0 aromatic heterocycles. The fraction of sp³-hybridized carbons (Fsp3) is 0.545. The largest absolute Gasteiger partial charge is 0.465 e. The highest BCUT2D eigenvalue weighted by molar-refractivity contribution is 6.45. The summed E-state index contributed by atoms with van der Waals surface area (Å²) in [7, 11) is 0. The summed E-state index contributed by atoms with van der Waals surface area (Å²) in [6.07, 6.45) is 7.03. The van der Waals surface area contributed by atoms with E-state index in [-0.39, 0.29) is 17.2 Å². The summed E-state index contributed by atoms with van der Waals surface area (Å²) in [6, 6.07) is 0. The van der Waals surface area contributed by atoms with Crippen molar-refractivity contribution in [1.29, 1.82) is 0 Å². The number of aliphatic hydroxyl groups is 2. The zero-order chi connectivity index (χ0) is 21.2. The number of carbonyl (C=O) groups is 2. The van der Waals surface area contributed by atoms with Gasteiger partial charge >= 0.3 is 0 Å². The molecule has 28 heavy (non-hydrogen) atoms. The minimum Gasteiger partial charge on any atom is -0.465 e. The molecule has 5 nitrogen and oxygen atoms in total. The molecule has 0 spiro atoms. The van der Waals surface area contributed by atoms with Gasteiger partial charge in [-0.25, -0.2) is 0 Å². The Bertz CT molecular complexity index is 770. The molecule has 0 aromatic rings. The van der Waals surface area contributed by atoms with Crippen molar-refractivity contribution in [2.24, 2.45) is 17.8 Å². The SMILES string of the molecule is CC[C@H](C)/C=C/C1=CC2=C(Cl)C(=O)[C@@](C)(O)[C@@H](CC(=O)[C@@H](C)[C@H](C)O)C2=CO1. The zero-order valence-electron chi connectivity index (χ0n) is 17.0. The molecule has 154 valence electrons. The molecule has 1 heterocycles. The number of ketones is 2. The third kappa shape index (κ3) is 4.48. The van der Waals surface area contributed by atoms with Gasteiger partial charge in [0.2, 0.25) is 5.78 Å². The molecule has 0 fully saturated rings. The molecular formula is C22H29ClO5. The molecule has 0 radical (unpaired) electrons. The third-order valence-electron chi connectivity index (χ3n) is 5.74. The van der Waals surface area contributed by atoms with Crippen LogP contribution in [0.15, 0.2) is 46.4 Å². The first-order chi connectivity index (χ1) is 13.0. The maximum absolute atomic E-state index is 12.7. The molecule has 0 unspecified atom stereocenters. The van der Waals surface area contributed by atoms with Crippen LogP contribution >= 0.6 is 11.6 Å². The number of fused-ring (bicyclic) bond motifs is 1. The van der Waals surface area contributed by atoms with Crippen molar-refractivity contribution in [1.82, 2.24) is 0 Å². The first kappa shape index (κ1) is 22.6. The van der Waals surface area contributed by atoms with E-state index in [1.54, 1.807) is 13.0 Å². The minimum absolute atomic E-state index is 0.0683. The van der Waals surface area contributed by atoms with Crippen molar-refractivity contribution in [2.75, 3.05) is 0 Å². The van der Waals surface area contributed by atoms with Gasteiger partial charge in [-0.2, -0.15) is 0 Å². The van der Waals surface area contributed by atoms with Crippen molar-refractivity contribution in [3.8, 4) is 0 Å². The molecule has 1 aliphatic heterocycles. The van der Waals surface area contributed by atoms with E-state index in [1.165, 1.54) is 20.1 Å². The van der Waals surface area contributed by atoms with E-state index in [0.717, 1.165) is 6.42 Å². The summed E-state index contributed by atoms with van der Waals surface area (Å²) in [5, 5.41) is 20.5. The number of halogens is 1. The second kappa shape index (κ2) is 8.76. The highest BCUT2D eigenvalue weighted by Crippen LogP contribution is 2.45. The van der Waals surface area contributed by atoms with Crippen molar-refractivity contribution in [3.05, 3.63) is 46.4 Å². The highest BCUT2D eigenvalue weighted by atomic mass is 35.5. The lowest BCUT2D eigenvalue weighted by atomic mass is 9.69. The maximum Gasteiger partial charge on any atom is 0.206 e. The third-order valence-corrected chi connectivity index (χ3v) is 6.11. The molecule has 6 heteroatoms. The van der Waals surface area contributed by atoms with E-state index in [1.807, 2.05) is 12.2 Å². The minimum atomic E-state index is -1.83. The van der Waals surface area contributed by atoms with Crippen LogP contribution in [0.5, 0.6) is 0 Å². The number of hydrogen-bond donors (Lipinski definition) is 2. The van der Waals surface area contributed by atoms with Crippen LogP contribution in [-0.2, 0) is 14.3 Å². The van der Waals surface area contributed by atoms with Gasteiger partial charge in [-0.15, -0.1) is 0 Å². The van der Waals surface area contributed by atoms with Crippen LogP contribution < -0.4 is 0 Å². The summed E-state index contributed by atoms with van der Waals surface area (Å²) in [6.45, 7) is 8.69. The Kier molecular flexibility index (Phi) is 7.07. The lowest BCUT2D eigenvalue weighted by molar-refractivity contribution is -0.138. The topological polar surface area (TPSA) is 83.8 Å². The molecule has 1 aliphatic carbocycles. The Hall–Kier alpha value is -1.69. The van der Waals surface area contributed by atoms with Crippen LogP contribution in [0.25, 0.3) is 0 Å². The van der Waals surface area contributed by atoms with Crippen LogP contribution in [0, 0.1) is 17.8 Å². The van der Waals surface area contributed by atoms with Crippen molar-refractivity contribution >= 4 is 23.2 Å². The summed E-state index contributed by atoms with van der Waals surface area (Å²) in [4.78, 5) is 25.3. The smallest absolute Gasteiger partial charge is 0.206 e. The van der Waals surface area contributed by atoms with E-state index in [0.29, 0.717) is 22.8 Å². The Balaban J connectivity index is 2.39. The van der Waals surface area contributed by atoms with Gasteiger partial charge in [0, 0.05) is 29.4 Å². The predicted molar refractivity (Wildman–Crippen MR) is 108 cm³/mol. The summed E-state index contributed by atoms with van der Waals surface area (Å²) < 4.78 is 5.68. The summed E-state index contributed by atoms with van der Waals surface area (Å²) >= 11 is 6.28. The van der Waals surface area contributed by atoms with Gasteiger partial charge in [0.05, 0.1) is 17.4 Å². The lowest BCUT2D eigenvalue weighted by Crippen LogP contribution is -2.49. The standard InChI is InChI=1S/C22H29ClO5/c1-6-12(2)7-8-15-9-16-17(11-28-15)18(10-19(25)13(3)14(4)24)22(5,27)21(26)20(16)23/h7-9,11-14,18,24,27H,6,10H2,1-5H3/b8-7+/t12-,13-,14-,18-,22-/m0/s1. The Labute approximate surface area is 171 Å². The molecule has 0 saturated carbocycles. The fourth-order valence-electron chi connectivity index (χ4n) is 3.17. The predicted octanol–water partition coefficient (Wildman–Crippen LogP) is 3.81. The molecule has 2 N–H and O–H groups in total. The fourth-order valence-corrected chi connectivity index (χ4v) is 3.52. The highest BCUT2D eigenvalue weighted by Gasteiger charge is 2.49. The molecule has 0 aromatic carbocycles. The van der Waals surface area contributed by atoms with E-state index in [2.05, 4.69) is 13.8 Å². The second-order valence-electron chi connectivity index (χ2n) is 7.94. The molecular weight excluding hydrogens is 380 g/mol. The van der Waals surface area contributed by atoms with E-state index >= 15 is 0 Å². The van der Waals surface area contributed by atoms with Crippen molar-refractivity contribution < 1.29 is 24.5 Å². The van der Waals surface area contributed by atoms with Crippen LogP contribution in [0.4, 0.5) is 0 Å². The maximum atomic E-state index is 12.7. The number of hydrogen-bond acceptors (Lipinski definition) is 5. The number of carbonyl (C=O) groups excluding carboxylic acids is 2. The first-order valence-corrected chi connectivity index (χ1v) is 10.0. The Morgan fingerprint density at radius 2 is 2.04 bits per heavy atom. The molecule has 5 atom stereocenters. The van der Waals surface area contributed by atoms with Crippen LogP contribution in [0.1, 0.15) is 47.5 Å². The Morgan fingerprint density at radius 1 is 1.39 bits per heavy atom. The van der Waals surface area contributed by atoms with E-state index in [9.17, 15) is 19.8 Å². The number of rotatable bonds is 7. The second-order valence-corrected chi connectivity index (χ2v) is 8.32. The van der Waals surface area contributed by atoms with Gasteiger partial charge in [-0.05, 0) is 31.9 Å². The van der Waals surface area contributed by atoms with E-state index < -0.39 is 29.3 Å². The number of allylic oxidation sites excluding steroid dienone is 4. The van der Waals surface area contributed by atoms with Crippen molar-refractivity contribution in [2.45, 2.75) is 59.2 Å². The molecule has 2 rings (SSSR count). The van der Waals surface area contributed by atoms with Gasteiger partial charge in [0.1, 0.15) is 17.1 Å². The summed E-state index contributed by atoms with van der Waals surface area (Å²) in [5.74, 6) is -1.35. The average molecular weight is 409 g/mol.